The quantitative estimate of drug-likeness (QED) is 0.305. The monoisotopic (exact) mass is 408 g/mol. The molecule has 0 unspecified atom stereocenters. The number of nitro groups is 1. The van der Waals surface area contributed by atoms with E-state index in [9.17, 15) is 10.1 Å². The van der Waals surface area contributed by atoms with E-state index in [2.05, 4.69) is 41.9 Å². The normalized spacial score (nSPS) is 10.8. The molecular formula is C14H13BrN6O4. The molecule has 0 spiro atoms. The molecule has 0 atom stereocenters. The number of hydrogen-bond donors (Lipinski definition) is 3. The average Bonchev–Trinajstić information content (AvgIpc) is 3.06. The molecule has 25 heavy (non-hydrogen) atoms. The molecule has 0 fully saturated rings. The minimum atomic E-state index is -0.546. The zero-order valence-electron chi connectivity index (χ0n) is 12.8. The van der Waals surface area contributed by atoms with Gasteiger partial charge in [-0.3, -0.25) is 10.1 Å². The molecule has 0 bridgehead atoms. The van der Waals surface area contributed by atoms with Crippen LogP contribution in [-0.2, 0) is 0 Å². The number of nitrogens with zero attached hydrogens (tertiary/aromatic N) is 4. The van der Waals surface area contributed by atoms with Crippen LogP contribution in [0.3, 0.4) is 0 Å². The summed E-state index contributed by atoms with van der Waals surface area (Å²) < 4.78 is 5.51. The molecule has 10 nitrogen and oxygen atoms in total. The Bertz CT molecular complexity index is 898. The van der Waals surface area contributed by atoms with E-state index < -0.39 is 4.92 Å². The summed E-state index contributed by atoms with van der Waals surface area (Å²) in [6, 6.07) is 5.09. The standard InChI is InChI=1S/C14H13BrN6O4/c15-8-2-3-11(17-7-8)18-9-6-10(16-4-1-5-22)14(21(23)24)13-12(9)19-25-20-13/h2-3,6-7,16,22H,1,4-5H2,(H,17,18). The van der Waals surface area contributed by atoms with E-state index in [1.165, 1.54) is 0 Å². The van der Waals surface area contributed by atoms with Crippen LogP contribution < -0.4 is 10.6 Å². The van der Waals surface area contributed by atoms with Crippen molar-refractivity contribution in [3.8, 4) is 0 Å². The number of rotatable bonds is 7. The van der Waals surface area contributed by atoms with Crippen molar-refractivity contribution in [1.82, 2.24) is 15.3 Å². The van der Waals surface area contributed by atoms with Crippen molar-refractivity contribution >= 4 is 49.8 Å². The van der Waals surface area contributed by atoms with Gasteiger partial charge in [-0.25, -0.2) is 9.61 Å². The van der Waals surface area contributed by atoms with Crippen molar-refractivity contribution in [2.75, 3.05) is 23.8 Å². The molecule has 0 radical (unpaired) electrons. The first-order valence-electron chi connectivity index (χ1n) is 7.27. The second-order valence-corrected chi connectivity index (χ2v) is 5.95. The van der Waals surface area contributed by atoms with Crippen LogP contribution in [0.1, 0.15) is 6.42 Å². The van der Waals surface area contributed by atoms with Crippen LogP contribution in [0.2, 0.25) is 0 Å². The Kier molecular flexibility index (Phi) is 5.05. The van der Waals surface area contributed by atoms with Gasteiger partial charge in [-0.2, -0.15) is 0 Å². The number of halogens is 1. The third-order valence-electron chi connectivity index (χ3n) is 3.33. The molecule has 0 aliphatic heterocycles. The highest BCUT2D eigenvalue weighted by Crippen LogP contribution is 2.37. The molecule has 0 amide bonds. The number of pyridine rings is 1. The van der Waals surface area contributed by atoms with Crippen molar-refractivity contribution in [1.29, 1.82) is 0 Å². The summed E-state index contributed by atoms with van der Waals surface area (Å²) in [7, 11) is 0. The lowest BCUT2D eigenvalue weighted by Gasteiger charge is -2.10. The van der Waals surface area contributed by atoms with Crippen LogP contribution in [0.4, 0.5) is 22.9 Å². The Morgan fingerprint density at radius 3 is 2.76 bits per heavy atom. The maximum atomic E-state index is 11.4. The van der Waals surface area contributed by atoms with Crippen molar-refractivity contribution < 1.29 is 14.7 Å². The number of fused-ring (bicyclic) bond motifs is 1. The highest BCUT2D eigenvalue weighted by molar-refractivity contribution is 9.10. The summed E-state index contributed by atoms with van der Waals surface area (Å²) in [5.74, 6) is 0.530. The van der Waals surface area contributed by atoms with Gasteiger partial charge in [0.1, 0.15) is 11.5 Å². The molecule has 0 aliphatic carbocycles. The molecule has 0 aliphatic rings. The molecule has 2 aromatic heterocycles. The maximum Gasteiger partial charge on any atom is 0.323 e. The van der Waals surface area contributed by atoms with Gasteiger partial charge in [0.05, 0.1) is 10.6 Å². The van der Waals surface area contributed by atoms with Crippen molar-refractivity contribution in [2.45, 2.75) is 6.42 Å². The Morgan fingerprint density at radius 2 is 2.08 bits per heavy atom. The third kappa shape index (κ3) is 3.67. The van der Waals surface area contributed by atoms with Gasteiger partial charge in [-0.05, 0) is 50.9 Å². The topological polar surface area (TPSA) is 139 Å². The smallest absolute Gasteiger partial charge is 0.323 e. The van der Waals surface area contributed by atoms with Gasteiger partial charge in [0.25, 0.3) is 0 Å². The van der Waals surface area contributed by atoms with Crippen LogP contribution in [0, 0.1) is 10.1 Å². The zero-order chi connectivity index (χ0) is 17.8. The van der Waals surface area contributed by atoms with Crippen LogP contribution in [0.15, 0.2) is 33.5 Å². The van der Waals surface area contributed by atoms with Crippen molar-refractivity contribution in [3.05, 3.63) is 39.0 Å². The lowest BCUT2D eigenvalue weighted by molar-refractivity contribution is -0.382. The first-order valence-corrected chi connectivity index (χ1v) is 8.06. The summed E-state index contributed by atoms with van der Waals surface area (Å²) in [5.41, 5.74) is 0.732. The van der Waals surface area contributed by atoms with Crippen LogP contribution in [0.5, 0.6) is 0 Å². The zero-order valence-corrected chi connectivity index (χ0v) is 14.4. The van der Waals surface area contributed by atoms with E-state index >= 15 is 0 Å². The minimum Gasteiger partial charge on any atom is -0.396 e. The van der Waals surface area contributed by atoms with E-state index in [4.69, 9.17) is 9.74 Å². The fourth-order valence-electron chi connectivity index (χ4n) is 2.23. The number of nitro benzene ring substituents is 1. The van der Waals surface area contributed by atoms with E-state index in [1.54, 1.807) is 24.4 Å². The molecule has 0 saturated heterocycles. The van der Waals surface area contributed by atoms with Gasteiger partial charge >= 0.3 is 5.69 Å². The van der Waals surface area contributed by atoms with E-state index in [-0.39, 0.29) is 29.0 Å². The first kappa shape index (κ1) is 17.0. The Balaban J connectivity index is 2.05. The molecule has 2 heterocycles. The third-order valence-corrected chi connectivity index (χ3v) is 3.80. The first-order chi connectivity index (χ1) is 12.1. The minimum absolute atomic E-state index is 0.0253. The summed E-state index contributed by atoms with van der Waals surface area (Å²) in [6.07, 6.45) is 2.07. The number of benzene rings is 1. The number of anilines is 3. The second kappa shape index (κ2) is 7.40. The summed E-state index contributed by atoms with van der Waals surface area (Å²) in [5, 5.41) is 33.7. The van der Waals surface area contributed by atoms with Gasteiger partial charge in [0, 0.05) is 23.8 Å². The molecule has 3 N–H and O–H groups in total. The number of aliphatic hydroxyl groups is 1. The largest absolute Gasteiger partial charge is 0.396 e. The van der Waals surface area contributed by atoms with Crippen LogP contribution in [0.25, 0.3) is 11.0 Å². The predicted octanol–water partition coefficient (Wildman–Crippen LogP) is 2.83. The predicted molar refractivity (Wildman–Crippen MR) is 93.9 cm³/mol. The number of aromatic nitrogens is 3. The van der Waals surface area contributed by atoms with E-state index in [1.807, 2.05) is 0 Å². The molecule has 11 heteroatoms. The fourth-order valence-corrected chi connectivity index (χ4v) is 2.47. The Morgan fingerprint density at radius 1 is 1.28 bits per heavy atom. The van der Waals surface area contributed by atoms with Crippen LogP contribution in [-0.4, -0.2) is 38.5 Å². The molecule has 3 aromatic rings. The number of hydrogen-bond acceptors (Lipinski definition) is 9. The molecule has 0 saturated carbocycles. The van der Waals surface area contributed by atoms with E-state index in [0.717, 1.165) is 4.47 Å². The SMILES string of the molecule is O=[N+]([O-])c1c(NCCCO)cc(Nc2ccc(Br)cn2)c2nonc12. The fraction of sp³-hybridized carbons (Fsp3) is 0.214. The highest BCUT2D eigenvalue weighted by Gasteiger charge is 2.25. The van der Waals surface area contributed by atoms with Crippen LogP contribution >= 0.6 is 15.9 Å². The Labute approximate surface area is 149 Å². The van der Waals surface area contributed by atoms with Gasteiger partial charge in [-0.15, -0.1) is 0 Å². The van der Waals surface area contributed by atoms with Crippen molar-refractivity contribution in [3.63, 3.8) is 0 Å². The number of nitrogens with one attached hydrogen (secondary N) is 2. The Hall–Kier alpha value is -2.79. The molecule has 1 aromatic carbocycles. The second-order valence-electron chi connectivity index (χ2n) is 5.03. The summed E-state index contributed by atoms with van der Waals surface area (Å²) in [6.45, 7) is 0.340. The number of aliphatic hydroxyl groups excluding tert-OH is 1. The summed E-state index contributed by atoms with van der Waals surface area (Å²) >= 11 is 3.30. The lowest BCUT2D eigenvalue weighted by Crippen LogP contribution is -2.07. The molecule has 130 valence electrons. The lowest BCUT2D eigenvalue weighted by atomic mass is 10.2. The van der Waals surface area contributed by atoms with Gasteiger partial charge in [-0.1, -0.05) is 0 Å². The van der Waals surface area contributed by atoms with E-state index in [0.29, 0.717) is 24.5 Å². The molecule has 3 rings (SSSR count). The van der Waals surface area contributed by atoms with Gasteiger partial charge in [0.15, 0.2) is 5.52 Å². The highest BCUT2D eigenvalue weighted by atomic mass is 79.9. The maximum absolute atomic E-state index is 11.4. The van der Waals surface area contributed by atoms with Crippen molar-refractivity contribution in [2.24, 2.45) is 0 Å². The average molecular weight is 409 g/mol. The van der Waals surface area contributed by atoms with Gasteiger partial charge in [0.2, 0.25) is 5.52 Å². The molecular weight excluding hydrogens is 396 g/mol. The van der Waals surface area contributed by atoms with Gasteiger partial charge < -0.3 is 15.7 Å². The summed E-state index contributed by atoms with van der Waals surface area (Å²) in [4.78, 5) is 15.1.